The Bertz CT molecular complexity index is 1980. The van der Waals surface area contributed by atoms with Crippen LogP contribution in [0.4, 0.5) is 16.2 Å². The quantitative estimate of drug-likeness (QED) is 0.225. The molecular weight excluding hydrogens is 607 g/mol. The van der Waals surface area contributed by atoms with E-state index < -0.39 is 23.9 Å². The van der Waals surface area contributed by atoms with E-state index >= 15 is 4.39 Å². The van der Waals surface area contributed by atoms with Crippen molar-refractivity contribution in [2.75, 3.05) is 37.4 Å². The van der Waals surface area contributed by atoms with E-state index in [0.29, 0.717) is 58.2 Å². The summed E-state index contributed by atoms with van der Waals surface area (Å²) in [7, 11) is 1.53. The molecule has 3 aromatic carbocycles. The largest absolute Gasteiger partial charge is 0.496 e. The maximum atomic E-state index is 15.2. The van der Waals surface area contributed by atoms with Gasteiger partial charge in [0.1, 0.15) is 35.0 Å². The SMILES string of the molecule is COc1cc2ccc1CNC(=O)COc1cccc(c1)-c1ccc(F)c(c1)C(=O)N[C@@H]1CN(c3nc(N)nc4[nH]ncc34)CC[C@@H]1O2. The summed E-state index contributed by atoms with van der Waals surface area (Å²) in [6.45, 7) is 0.788. The smallest absolute Gasteiger partial charge is 0.258 e. The lowest BCUT2D eigenvalue weighted by Gasteiger charge is -2.39. The molecule has 3 aliphatic heterocycles. The van der Waals surface area contributed by atoms with Crippen LogP contribution < -0.4 is 35.5 Å². The van der Waals surface area contributed by atoms with E-state index in [2.05, 4.69) is 30.8 Å². The van der Waals surface area contributed by atoms with Gasteiger partial charge in [0.25, 0.3) is 11.8 Å². The molecule has 2 amide bonds. The Morgan fingerprint density at radius 1 is 1.04 bits per heavy atom. The van der Waals surface area contributed by atoms with Crippen LogP contribution in [-0.4, -0.2) is 70.9 Å². The van der Waals surface area contributed by atoms with Gasteiger partial charge in [0, 0.05) is 37.7 Å². The van der Waals surface area contributed by atoms with Crippen molar-refractivity contribution in [3.8, 4) is 28.4 Å². The molecule has 1 fully saturated rings. The molecule has 5 heterocycles. The van der Waals surface area contributed by atoms with Crippen LogP contribution in [0.2, 0.25) is 0 Å². The number of nitrogens with two attached hydrogens (primary N) is 1. The predicted octanol–water partition coefficient (Wildman–Crippen LogP) is 3.21. The predicted molar refractivity (Wildman–Crippen MR) is 171 cm³/mol. The van der Waals surface area contributed by atoms with Crippen LogP contribution in [0.5, 0.6) is 17.2 Å². The fourth-order valence-corrected chi connectivity index (χ4v) is 5.88. The zero-order valence-electron chi connectivity index (χ0n) is 25.3. The van der Waals surface area contributed by atoms with Gasteiger partial charge >= 0.3 is 0 Å². The van der Waals surface area contributed by atoms with E-state index in [9.17, 15) is 9.59 Å². The fourth-order valence-electron chi connectivity index (χ4n) is 5.88. The molecule has 0 aliphatic carbocycles. The number of aromatic nitrogens is 4. The fraction of sp³-hybridized carbons (Fsp3) is 0.242. The Morgan fingerprint density at radius 3 is 2.79 bits per heavy atom. The van der Waals surface area contributed by atoms with Crippen molar-refractivity contribution in [1.82, 2.24) is 30.8 Å². The Morgan fingerprint density at radius 2 is 1.91 bits per heavy atom. The number of aromatic amines is 1. The van der Waals surface area contributed by atoms with Crippen LogP contribution >= 0.6 is 0 Å². The number of nitrogens with one attached hydrogen (secondary N) is 3. The van der Waals surface area contributed by atoms with Gasteiger partial charge in [0.2, 0.25) is 5.95 Å². The normalized spacial score (nSPS) is 18.4. The number of hydrogen-bond donors (Lipinski definition) is 4. The highest BCUT2D eigenvalue weighted by molar-refractivity contribution is 5.96. The number of halogens is 1. The lowest BCUT2D eigenvalue weighted by molar-refractivity contribution is -0.123. The lowest BCUT2D eigenvalue weighted by atomic mass is 9.99. The molecule has 5 aromatic rings. The van der Waals surface area contributed by atoms with Crippen molar-refractivity contribution in [3.63, 3.8) is 0 Å². The van der Waals surface area contributed by atoms with Crippen molar-refractivity contribution < 1.29 is 28.2 Å². The molecule has 1 saturated heterocycles. The number of rotatable bonds is 2. The Kier molecular flexibility index (Phi) is 7.90. The molecule has 8 rings (SSSR count). The molecule has 5 N–H and O–H groups in total. The van der Waals surface area contributed by atoms with E-state index in [0.717, 1.165) is 5.56 Å². The van der Waals surface area contributed by atoms with Crippen LogP contribution in [0.3, 0.4) is 0 Å². The molecule has 2 aromatic heterocycles. The summed E-state index contributed by atoms with van der Waals surface area (Å²) >= 11 is 0. The molecule has 6 bridgehead atoms. The van der Waals surface area contributed by atoms with Gasteiger partial charge in [-0.2, -0.15) is 15.1 Å². The summed E-state index contributed by atoms with van der Waals surface area (Å²) < 4.78 is 33.1. The number of nitrogen functional groups attached to an aromatic ring is 1. The third-order valence-electron chi connectivity index (χ3n) is 8.24. The third kappa shape index (κ3) is 6.17. The maximum absolute atomic E-state index is 15.2. The van der Waals surface area contributed by atoms with Gasteiger partial charge in [0.15, 0.2) is 12.3 Å². The van der Waals surface area contributed by atoms with Crippen LogP contribution in [0.15, 0.2) is 66.9 Å². The molecule has 0 radical (unpaired) electrons. The minimum atomic E-state index is -0.674. The first kappa shape index (κ1) is 29.8. The molecule has 14 heteroatoms. The zero-order chi connectivity index (χ0) is 32.5. The third-order valence-corrected chi connectivity index (χ3v) is 8.24. The maximum Gasteiger partial charge on any atom is 0.258 e. The second-order valence-corrected chi connectivity index (χ2v) is 11.3. The first-order valence-corrected chi connectivity index (χ1v) is 15.0. The Hall–Kier alpha value is -5.92. The van der Waals surface area contributed by atoms with Crippen molar-refractivity contribution in [1.29, 1.82) is 0 Å². The van der Waals surface area contributed by atoms with Crippen LogP contribution in [0, 0.1) is 5.82 Å². The van der Waals surface area contributed by atoms with Crippen LogP contribution in [0.25, 0.3) is 22.2 Å². The summed E-state index contributed by atoms with van der Waals surface area (Å²) in [5, 5.41) is 13.5. The second-order valence-electron chi connectivity index (χ2n) is 11.3. The number of amides is 2. The molecule has 0 spiro atoms. The molecule has 2 atom stereocenters. The average Bonchev–Trinajstić information content (AvgIpc) is 3.55. The van der Waals surface area contributed by atoms with Gasteiger partial charge in [-0.1, -0.05) is 18.2 Å². The number of carbonyl (C=O) groups is 2. The summed E-state index contributed by atoms with van der Waals surface area (Å²) in [5.41, 5.74) is 8.39. The first-order chi connectivity index (χ1) is 22.8. The Balaban J connectivity index is 1.27. The molecule has 240 valence electrons. The number of fused-ring (bicyclic) bond motifs is 8. The van der Waals surface area contributed by atoms with Crippen LogP contribution in [0.1, 0.15) is 22.3 Å². The van der Waals surface area contributed by atoms with E-state index in [1.807, 2.05) is 11.0 Å². The number of H-pyrrole nitrogens is 1. The molecular formula is C33H31FN8O5. The first-order valence-electron chi connectivity index (χ1n) is 15.0. The zero-order valence-corrected chi connectivity index (χ0v) is 25.3. The minimum absolute atomic E-state index is 0.0760. The number of anilines is 2. The van der Waals surface area contributed by atoms with Gasteiger partial charge < -0.3 is 35.5 Å². The van der Waals surface area contributed by atoms with Crippen molar-refractivity contribution in [2.24, 2.45) is 0 Å². The molecule has 0 saturated carbocycles. The van der Waals surface area contributed by atoms with Gasteiger partial charge in [0.05, 0.1) is 30.3 Å². The van der Waals surface area contributed by atoms with Gasteiger partial charge in [-0.25, -0.2) is 4.39 Å². The highest BCUT2D eigenvalue weighted by Crippen LogP contribution is 2.31. The number of hydrogen-bond acceptors (Lipinski definition) is 10. The average molecular weight is 639 g/mol. The highest BCUT2D eigenvalue weighted by atomic mass is 19.1. The van der Waals surface area contributed by atoms with Gasteiger partial charge in [-0.15, -0.1) is 0 Å². The molecule has 3 aliphatic rings. The van der Waals surface area contributed by atoms with Crippen molar-refractivity contribution in [2.45, 2.75) is 25.1 Å². The number of carbonyl (C=O) groups excluding carboxylic acids is 2. The van der Waals surface area contributed by atoms with Crippen molar-refractivity contribution >= 4 is 34.6 Å². The standard InChI is InChI=1S/C33H31FN8O5/c1-45-28-13-22-7-5-20(28)14-36-29(43)17-46-21-4-2-3-18(11-21)19-6-8-25(34)23(12-19)32(44)38-26-16-42(10-9-27(26)47-22)31-24-15-37-41-30(24)39-33(35)40-31/h2-8,11-13,15,26-27H,9-10,14,16-17H2,1H3,(H,36,43)(H,38,44)(H3,35,37,39,40,41)/t26-,27+/m1/s1. The second kappa shape index (κ2) is 12.5. The number of piperidine rings is 1. The molecule has 47 heavy (non-hydrogen) atoms. The lowest BCUT2D eigenvalue weighted by Crippen LogP contribution is -2.57. The van der Waals surface area contributed by atoms with E-state index in [1.54, 1.807) is 48.7 Å². The topological polar surface area (TPSA) is 170 Å². The van der Waals surface area contributed by atoms with Crippen LogP contribution in [-0.2, 0) is 11.3 Å². The number of methoxy groups -OCH3 is 1. The monoisotopic (exact) mass is 638 g/mol. The van der Waals surface area contributed by atoms with Crippen molar-refractivity contribution in [3.05, 3.63) is 83.8 Å². The van der Waals surface area contributed by atoms with E-state index in [-0.39, 0.29) is 37.1 Å². The summed E-state index contributed by atoms with van der Waals surface area (Å²) in [4.78, 5) is 37.1. The molecule has 0 unspecified atom stereocenters. The van der Waals surface area contributed by atoms with Gasteiger partial charge in [-0.05, 0) is 47.5 Å². The van der Waals surface area contributed by atoms with E-state index in [1.165, 1.54) is 19.2 Å². The summed E-state index contributed by atoms with van der Waals surface area (Å²) in [5.74, 6) is 0.503. The van der Waals surface area contributed by atoms with Gasteiger partial charge in [-0.3, -0.25) is 14.7 Å². The highest BCUT2D eigenvalue weighted by Gasteiger charge is 2.34. The molecule has 13 nitrogen and oxygen atoms in total. The number of nitrogens with zero attached hydrogens (tertiary/aromatic N) is 4. The minimum Gasteiger partial charge on any atom is -0.496 e. The Labute approximate surface area is 268 Å². The van der Waals surface area contributed by atoms with E-state index in [4.69, 9.17) is 19.9 Å². The number of ether oxygens (including phenoxy) is 3. The summed E-state index contributed by atoms with van der Waals surface area (Å²) in [6.07, 6.45) is 1.59. The number of benzene rings is 3. The summed E-state index contributed by atoms with van der Waals surface area (Å²) in [6, 6.07) is 16.1.